The molecule has 0 saturated carbocycles. The zero-order valence-electron chi connectivity index (χ0n) is 3.79. The van der Waals surface area contributed by atoms with Crippen LogP contribution in [-0.4, -0.2) is 19.1 Å². The molecule has 4 heteroatoms. The molecule has 4 N–H and O–H groups in total. The van der Waals surface area contributed by atoms with Gasteiger partial charge in [-0.15, -0.1) is 0 Å². The third-order valence-electron chi connectivity index (χ3n) is 1.03. The van der Waals surface area contributed by atoms with Gasteiger partial charge in [0.05, 0.1) is 0 Å². The quantitative estimate of drug-likeness (QED) is 0.381. The maximum absolute atomic E-state index is 10.1. The van der Waals surface area contributed by atoms with Gasteiger partial charge in [-0.25, -0.2) is 0 Å². The van der Waals surface area contributed by atoms with Gasteiger partial charge in [-0.2, -0.15) is 0 Å². The van der Waals surface area contributed by atoms with Gasteiger partial charge in [0.2, 0.25) is 5.91 Å². The molecule has 3 nitrogen and oxygen atoms in total. The first-order chi connectivity index (χ1) is 3.22. The Labute approximate surface area is 42.3 Å². The minimum Gasteiger partial charge on any atom is -0.370 e. The zero-order chi connectivity index (χ0) is 5.44. The van der Waals surface area contributed by atoms with E-state index in [1.165, 1.54) is 0 Å². The summed E-state index contributed by atoms with van der Waals surface area (Å²) in [4.78, 5) is 10.1. The van der Waals surface area contributed by atoms with Crippen LogP contribution in [0.5, 0.6) is 0 Å². The lowest BCUT2D eigenvalue weighted by Crippen LogP contribution is -2.14. The van der Waals surface area contributed by atoms with Crippen molar-refractivity contribution in [1.29, 1.82) is 0 Å². The third kappa shape index (κ3) is 0.744. The fourth-order valence-electron chi connectivity index (χ4n) is 0.460. The van der Waals surface area contributed by atoms with Gasteiger partial charge in [0.15, 0.2) is 0 Å². The molecule has 1 fully saturated rings. The number of amides is 1. The molecule has 1 aliphatic heterocycles. The van der Waals surface area contributed by atoms with Crippen molar-refractivity contribution < 1.29 is 4.79 Å². The fourth-order valence-corrected chi connectivity index (χ4v) is 0.460. The smallest absolute Gasteiger partial charge is 0.213 e. The lowest BCUT2D eigenvalue weighted by atomic mass is 10.0. The Kier molecular flexibility index (Phi) is 0.818. The Morgan fingerprint density at radius 1 is 1.71 bits per heavy atom. The molecule has 1 radical (unpaired) electrons. The molecule has 1 amide bonds. The number of primary amides is 1. The molecular weight excluding hydrogens is 90.9 g/mol. The van der Waals surface area contributed by atoms with Crippen LogP contribution < -0.4 is 11.5 Å². The van der Waals surface area contributed by atoms with Gasteiger partial charge >= 0.3 is 0 Å². The molecule has 0 bridgehead atoms. The second-order valence-electron chi connectivity index (χ2n) is 1.70. The van der Waals surface area contributed by atoms with Crippen LogP contribution >= 0.6 is 0 Å². The van der Waals surface area contributed by atoms with E-state index in [4.69, 9.17) is 11.5 Å². The highest BCUT2D eigenvalue weighted by atomic mass is 16.1. The number of hydrogen-bond acceptors (Lipinski definition) is 2. The Morgan fingerprint density at radius 2 is 2.14 bits per heavy atom. The van der Waals surface area contributed by atoms with E-state index >= 15 is 0 Å². The third-order valence-corrected chi connectivity index (χ3v) is 1.03. The first-order valence-electron chi connectivity index (χ1n) is 2.11. The number of rotatable bonds is 1. The highest BCUT2D eigenvalue weighted by Crippen LogP contribution is 2.22. The number of hydrogen-bond donors (Lipinski definition) is 2. The summed E-state index contributed by atoms with van der Waals surface area (Å²) in [6.07, 6.45) is 0. The van der Waals surface area contributed by atoms with Gasteiger partial charge in [0.1, 0.15) is 7.28 Å². The molecule has 0 aromatic heterocycles. The van der Waals surface area contributed by atoms with Crippen LogP contribution in [0.3, 0.4) is 0 Å². The van der Waals surface area contributed by atoms with Crippen LogP contribution in [0.25, 0.3) is 0 Å². The number of carbonyl (C=O) groups excluding carboxylic acids is 1. The van der Waals surface area contributed by atoms with Crippen molar-refractivity contribution in [2.75, 3.05) is 0 Å². The predicted molar refractivity (Wildman–Crippen MR) is 26.7 cm³/mol. The van der Waals surface area contributed by atoms with Gasteiger partial charge in [-0.05, 0) is 5.94 Å². The first-order valence-corrected chi connectivity index (χ1v) is 2.11. The second kappa shape index (κ2) is 1.23. The van der Waals surface area contributed by atoms with E-state index in [1.807, 2.05) is 0 Å². The Balaban J connectivity index is 2.33. The topological polar surface area (TPSA) is 69.1 Å². The maximum Gasteiger partial charge on any atom is 0.213 e. The molecule has 1 aliphatic rings. The summed E-state index contributed by atoms with van der Waals surface area (Å²) in [6.45, 7) is 0. The summed E-state index contributed by atoms with van der Waals surface area (Å²) >= 11 is 0. The molecule has 7 heavy (non-hydrogen) atoms. The summed E-state index contributed by atoms with van der Waals surface area (Å²) in [6, 6.07) is 0. The Hall–Kier alpha value is -0.505. The highest BCUT2D eigenvalue weighted by Gasteiger charge is 2.39. The largest absolute Gasteiger partial charge is 0.370 e. The molecule has 1 rings (SSSR count). The Bertz CT molecular complexity index is 105. The second-order valence-corrected chi connectivity index (χ2v) is 1.70. The van der Waals surface area contributed by atoms with Crippen LogP contribution in [0.4, 0.5) is 0 Å². The summed E-state index contributed by atoms with van der Waals surface area (Å²) in [5.74, 6) is -0.509. The predicted octanol–water partition coefficient (Wildman–Crippen LogP) is -1.74. The molecule has 1 saturated heterocycles. The first kappa shape index (κ1) is 4.65. The van der Waals surface area contributed by atoms with E-state index in [1.54, 1.807) is 7.28 Å². The summed E-state index contributed by atoms with van der Waals surface area (Å²) in [5.41, 5.74) is 10.0. The van der Waals surface area contributed by atoms with Crippen molar-refractivity contribution in [2.24, 2.45) is 11.5 Å². The average molecular weight is 96.9 g/mol. The zero-order valence-corrected chi connectivity index (χ0v) is 3.79. The minimum absolute atomic E-state index is 0.0579. The molecule has 1 heterocycles. The van der Waals surface area contributed by atoms with E-state index in [-0.39, 0.29) is 17.7 Å². The van der Waals surface area contributed by atoms with E-state index in [0.717, 1.165) is 0 Å². The molecule has 37 valence electrons. The van der Waals surface area contributed by atoms with Crippen LogP contribution in [0.15, 0.2) is 0 Å². The SMILES string of the molecule is NC(=O)[C@@H]1[B]C1N. The van der Waals surface area contributed by atoms with Crippen molar-refractivity contribution in [2.45, 2.75) is 11.8 Å². The monoisotopic (exact) mass is 97.1 g/mol. The summed E-state index contributed by atoms with van der Waals surface area (Å²) in [7, 11) is 1.71. The maximum atomic E-state index is 10.1. The number of carbonyl (C=O) groups is 1. The molecule has 0 aromatic carbocycles. The van der Waals surface area contributed by atoms with E-state index in [0.29, 0.717) is 0 Å². The summed E-state index contributed by atoms with van der Waals surface area (Å²) in [5, 5.41) is 0. The lowest BCUT2D eigenvalue weighted by molar-refractivity contribution is -0.117. The van der Waals surface area contributed by atoms with Crippen molar-refractivity contribution in [3.8, 4) is 0 Å². The molecule has 0 aromatic rings. The van der Waals surface area contributed by atoms with Gasteiger partial charge < -0.3 is 11.5 Å². The Morgan fingerprint density at radius 3 is 2.14 bits per heavy atom. The van der Waals surface area contributed by atoms with Gasteiger partial charge in [0, 0.05) is 5.82 Å². The van der Waals surface area contributed by atoms with Crippen molar-refractivity contribution in [1.82, 2.24) is 0 Å². The van der Waals surface area contributed by atoms with E-state index in [9.17, 15) is 4.79 Å². The van der Waals surface area contributed by atoms with Gasteiger partial charge in [-0.1, -0.05) is 0 Å². The minimum atomic E-state index is -0.312. The van der Waals surface area contributed by atoms with Gasteiger partial charge in [-0.3, -0.25) is 4.79 Å². The van der Waals surface area contributed by atoms with E-state index < -0.39 is 0 Å². The van der Waals surface area contributed by atoms with Crippen molar-refractivity contribution >= 4 is 13.2 Å². The normalized spacial score (nSPS) is 36.7. The van der Waals surface area contributed by atoms with E-state index in [2.05, 4.69) is 0 Å². The van der Waals surface area contributed by atoms with Crippen LogP contribution in [0, 0.1) is 0 Å². The highest BCUT2D eigenvalue weighted by molar-refractivity contribution is 6.60. The molecular formula is C3H6BN2O. The standard InChI is InChI=1S/C3H6BN2O/c5-2-1(4-2)3(6)7/h1-2H,5H2,(H2,6,7)/t1-,2?/m1/s1. The number of nitrogens with two attached hydrogens (primary N) is 2. The average Bonchev–Trinajstić information content (AvgIpc) is 2.17. The van der Waals surface area contributed by atoms with Crippen molar-refractivity contribution in [3.05, 3.63) is 0 Å². The fraction of sp³-hybridized carbons (Fsp3) is 0.667. The summed E-state index contributed by atoms with van der Waals surface area (Å²) < 4.78 is 0. The molecule has 2 atom stereocenters. The van der Waals surface area contributed by atoms with Gasteiger partial charge in [0.25, 0.3) is 0 Å². The molecule has 0 aliphatic carbocycles. The van der Waals surface area contributed by atoms with Crippen LogP contribution in [0.2, 0.25) is 5.82 Å². The van der Waals surface area contributed by atoms with Crippen molar-refractivity contribution in [3.63, 3.8) is 0 Å². The molecule has 0 spiro atoms. The van der Waals surface area contributed by atoms with Crippen LogP contribution in [-0.2, 0) is 4.79 Å². The van der Waals surface area contributed by atoms with Crippen LogP contribution in [0.1, 0.15) is 0 Å². The molecule has 1 unspecified atom stereocenters. The lowest BCUT2D eigenvalue weighted by Gasteiger charge is -1.83.